The molecule has 0 radical (unpaired) electrons. The third-order valence-electron chi connectivity index (χ3n) is 4.50. The smallest absolute Gasteiger partial charge is 0.254 e. The monoisotopic (exact) mass is 332 g/mol. The van der Waals surface area contributed by atoms with Gasteiger partial charge in [0.1, 0.15) is 0 Å². The second kappa shape index (κ2) is 8.02. The zero-order chi connectivity index (χ0) is 17.7. The fraction of sp³-hybridized carbons (Fsp3) is 0.650. The van der Waals surface area contributed by atoms with Crippen molar-refractivity contribution in [2.24, 2.45) is 0 Å². The molecule has 0 aliphatic carbocycles. The van der Waals surface area contributed by atoms with Gasteiger partial charge < -0.3 is 14.5 Å². The molecule has 1 amide bonds. The van der Waals surface area contributed by atoms with Gasteiger partial charge >= 0.3 is 0 Å². The average molecular weight is 332 g/mol. The van der Waals surface area contributed by atoms with E-state index in [0.717, 1.165) is 18.7 Å². The molecule has 2 rings (SSSR count). The molecule has 0 spiro atoms. The number of carbonyl (C=O) groups excluding carboxylic acids is 1. The van der Waals surface area contributed by atoms with Crippen molar-refractivity contribution in [3.63, 3.8) is 0 Å². The molecule has 1 aliphatic rings. The van der Waals surface area contributed by atoms with Crippen LogP contribution in [0.25, 0.3) is 0 Å². The maximum Gasteiger partial charge on any atom is 0.254 e. The van der Waals surface area contributed by atoms with Crippen molar-refractivity contribution < 1.29 is 9.53 Å². The number of hydrogen-bond acceptors (Lipinski definition) is 3. The van der Waals surface area contributed by atoms with E-state index >= 15 is 0 Å². The lowest BCUT2D eigenvalue weighted by molar-refractivity contribution is -0.118. The minimum Gasteiger partial charge on any atom is -0.372 e. The molecule has 1 aliphatic heterocycles. The summed E-state index contributed by atoms with van der Waals surface area (Å²) in [7, 11) is 0. The predicted molar refractivity (Wildman–Crippen MR) is 99.8 cm³/mol. The van der Waals surface area contributed by atoms with Crippen LogP contribution in [0.5, 0.6) is 0 Å². The number of ether oxygens (including phenoxy) is 1. The number of carbonyl (C=O) groups is 1. The molecule has 1 atom stereocenters. The Morgan fingerprint density at radius 3 is 2.50 bits per heavy atom. The molecular formula is C20H32N2O2. The second-order valence-electron chi connectivity index (χ2n) is 7.35. The van der Waals surface area contributed by atoms with E-state index in [1.54, 1.807) is 0 Å². The second-order valence-corrected chi connectivity index (χ2v) is 7.35. The molecule has 0 N–H and O–H groups in total. The molecule has 1 fully saturated rings. The molecule has 1 unspecified atom stereocenters. The molecule has 0 aromatic heterocycles. The van der Waals surface area contributed by atoms with Crippen LogP contribution in [0.2, 0.25) is 0 Å². The van der Waals surface area contributed by atoms with Crippen molar-refractivity contribution in [2.45, 2.75) is 59.2 Å². The number of morpholine rings is 1. The van der Waals surface area contributed by atoms with Gasteiger partial charge in [-0.3, -0.25) is 4.79 Å². The summed E-state index contributed by atoms with van der Waals surface area (Å²) in [6.07, 6.45) is 2.45. The van der Waals surface area contributed by atoms with Crippen LogP contribution in [0.1, 0.15) is 57.8 Å². The summed E-state index contributed by atoms with van der Waals surface area (Å²) in [5, 5.41) is 0. The lowest BCUT2D eigenvalue weighted by Gasteiger charge is -2.41. The van der Waals surface area contributed by atoms with Crippen molar-refractivity contribution in [1.29, 1.82) is 0 Å². The van der Waals surface area contributed by atoms with Gasteiger partial charge in [-0.25, -0.2) is 0 Å². The molecule has 0 bridgehead atoms. The highest BCUT2D eigenvalue weighted by Gasteiger charge is 2.33. The number of rotatable bonds is 6. The van der Waals surface area contributed by atoms with Gasteiger partial charge in [0.05, 0.1) is 11.7 Å². The first-order chi connectivity index (χ1) is 11.4. The van der Waals surface area contributed by atoms with Crippen LogP contribution in [0.4, 0.5) is 5.69 Å². The number of unbranched alkanes of at least 4 members (excludes halogenated alkanes) is 1. The Kier molecular flexibility index (Phi) is 6.27. The van der Waals surface area contributed by atoms with E-state index in [0.29, 0.717) is 13.1 Å². The predicted octanol–water partition coefficient (Wildman–Crippen LogP) is 3.95. The largest absolute Gasteiger partial charge is 0.372 e. The Bertz CT molecular complexity index is 539. The summed E-state index contributed by atoms with van der Waals surface area (Å²) in [4.78, 5) is 17.1. The summed E-state index contributed by atoms with van der Waals surface area (Å²) in [5.41, 5.74) is 1.67. The Morgan fingerprint density at radius 1 is 1.29 bits per heavy atom. The minimum absolute atomic E-state index is 0.0709. The van der Waals surface area contributed by atoms with Crippen LogP contribution >= 0.6 is 0 Å². The number of anilines is 1. The third-order valence-corrected chi connectivity index (χ3v) is 4.50. The topological polar surface area (TPSA) is 32.8 Å². The van der Waals surface area contributed by atoms with E-state index in [9.17, 15) is 4.79 Å². The Hall–Kier alpha value is -1.55. The first kappa shape index (κ1) is 18.8. The van der Waals surface area contributed by atoms with Crippen molar-refractivity contribution in [1.82, 2.24) is 4.90 Å². The highest BCUT2D eigenvalue weighted by Crippen LogP contribution is 2.23. The average Bonchev–Trinajstić information content (AvgIpc) is 2.53. The molecule has 0 saturated carbocycles. The van der Waals surface area contributed by atoms with Gasteiger partial charge in [0.25, 0.3) is 5.91 Å². The van der Waals surface area contributed by atoms with Gasteiger partial charge in [0.15, 0.2) is 0 Å². The van der Waals surface area contributed by atoms with Crippen molar-refractivity contribution in [3.05, 3.63) is 29.8 Å². The van der Waals surface area contributed by atoms with Gasteiger partial charge in [0.2, 0.25) is 0 Å². The zero-order valence-electron chi connectivity index (χ0n) is 15.8. The van der Waals surface area contributed by atoms with E-state index < -0.39 is 0 Å². The van der Waals surface area contributed by atoms with E-state index in [1.807, 2.05) is 37.8 Å². The van der Waals surface area contributed by atoms with E-state index in [1.165, 1.54) is 18.5 Å². The molecule has 4 nitrogen and oxygen atoms in total. The van der Waals surface area contributed by atoms with Gasteiger partial charge in [-0.15, -0.1) is 0 Å². The summed E-state index contributed by atoms with van der Waals surface area (Å²) < 4.78 is 5.89. The van der Waals surface area contributed by atoms with Crippen LogP contribution in [0, 0.1) is 0 Å². The zero-order valence-corrected chi connectivity index (χ0v) is 15.8. The van der Waals surface area contributed by atoms with Crippen molar-refractivity contribution in [3.8, 4) is 0 Å². The first-order valence-corrected chi connectivity index (χ1v) is 9.18. The molecular weight excluding hydrogens is 300 g/mol. The van der Waals surface area contributed by atoms with Crippen LogP contribution in [-0.4, -0.2) is 48.7 Å². The van der Waals surface area contributed by atoms with Crippen LogP contribution in [0.3, 0.4) is 0 Å². The normalized spacial score (nSPS) is 20.0. The molecule has 24 heavy (non-hydrogen) atoms. The fourth-order valence-electron chi connectivity index (χ4n) is 3.42. The van der Waals surface area contributed by atoms with E-state index in [-0.39, 0.29) is 17.6 Å². The molecule has 1 saturated heterocycles. The summed E-state index contributed by atoms with van der Waals surface area (Å²) in [6, 6.07) is 8.06. The number of hydrogen-bond donors (Lipinski definition) is 0. The maximum absolute atomic E-state index is 12.8. The lowest BCUT2D eigenvalue weighted by atomic mass is 10.0. The quantitative estimate of drug-likeness (QED) is 0.791. The SMILES string of the molecule is CCCCN(CC)c1ccc(C(=O)N2CC(C)OC(C)(C)C2)cc1. The minimum atomic E-state index is -0.285. The van der Waals surface area contributed by atoms with Gasteiger partial charge in [-0.2, -0.15) is 0 Å². The number of nitrogens with zero attached hydrogens (tertiary/aromatic N) is 2. The lowest BCUT2D eigenvalue weighted by Crippen LogP contribution is -2.53. The number of benzene rings is 1. The standard InChI is InChI=1S/C20H32N2O2/c1-6-8-13-21(7-2)18-11-9-17(10-12-18)19(23)22-14-16(3)24-20(4,5)15-22/h9-12,16H,6-8,13-15H2,1-5H3. The Labute approximate surface area is 146 Å². The van der Waals surface area contributed by atoms with E-state index in [4.69, 9.17) is 4.74 Å². The van der Waals surface area contributed by atoms with Gasteiger partial charge in [-0.05, 0) is 58.4 Å². The Balaban J connectivity index is 2.08. The van der Waals surface area contributed by atoms with Crippen LogP contribution < -0.4 is 4.90 Å². The first-order valence-electron chi connectivity index (χ1n) is 9.18. The highest BCUT2D eigenvalue weighted by molar-refractivity contribution is 5.94. The fourth-order valence-corrected chi connectivity index (χ4v) is 3.42. The van der Waals surface area contributed by atoms with Crippen LogP contribution in [0.15, 0.2) is 24.3 Å². The molecule has 1 aromatic rings. The summed E-state index contributed by atoms with van der Waals surface area (Å²) in [6.45, 7) is 13.8. The van der Waals surface area contributed by atoms with Crippen molar-refractivity contribution in [2.75, 3.05) is 31.1 Å². The third kappa shape index (κ3) is 4.73. The maximum atomic E-state index is 12.8. The van der Waals surface area contributed by atoms with Crippen molar-refractivity contribution >= 4 is 11.6 Å². The van der Waals surface area contributed by atoms with Gasteiger partial charge in [0, 0.05) is 37.4 Å². The molecule has 134 valence electrons. The molecule has 4 heteroatoms. The summed E-state index contributed by atoms with van der Waals surface area (Å²) in [5.74, 6) is 0.0985. The van der Waals surface area contributed by atoms with Gasteiger partial charge in [-0.1, -0.05) is 13.3 Å². The molecule has 1 aromatic carbocycles. The summed E-state index contributed by atoms with van der Waals surface area (Å²) >= 11 is 0. The van der Waals surface area contributed by atoms with Crippen LogP contribution in [-0.2, 0) is 4.74 Å². The Morgan fingerprint density at radius 2 is 1.96 bits per heavy atom. The number of amides is 1. The highest BCUT2D eigenvalue weighted by atomic mass is 16.5. The van der Waals surface area contributed by atoms with E-state index in [2.05, 4.69) is 30.9 Å². The molecule has 1 heterocycles.